The first-order valence-electron chi connectivity index (χ1n) is 15.1. The lowest BCUT2D eigenvalue weighted by molar-refractivity contribution is -0.343. The van der Waals surface area contributed by atoms with Crippen molar-refractivity contribution >= 4 is 26.0 Å². The van der Waals surface area contributed by atoms with E-state index in [-0.39, 0.29) is 31.1 Å². The van der Waals surface area contributed by atoms with Gasteiger partial charge in [0.1, 0.15) is 17.8 Å². The molecule has 0 radical (unpaired) electrons. The summed E-state index contributed by atoms with van der Waals surface area (Å²) in [7, 11) is -2.14. The molecule has 0 amide bonds. The molecule has 42 heavy (non-hydrogen) atoms. The largest absolute Gasteiger partial charge is 0.455 e. The van der Waals surface area contributed by atoms with Crippen LogP contribution in [0.3, 0.4) is 0 Å². The smallest absolute Gasteiger partial charge is 0.338 e. The zero-order chi connectivity index (χ0) is 31.0. The lowest BCUT2D eigenvalue weighted by Crippen LogP contribution is -2.79. The molecular weight excluding hydrogens is 552 g/mol. The van der Waals surface area contributed by atoms with Gasteiger partial charge >= 0.3 is 11.9 Å². The zero-order valence-electron chi connectivity index (χ0n) is 26.4. The van der Waals surface area contributed by atoms with E-state index in [0.717, 1.165) is 5.57 Å². The van der Waals surface area contributed by atoms with Crippen molar-refractivity contribution in [1.29, 1.82) is 0 Å². The third-order valence-corrected chi connectivity index (χ3v) is 11.7. The summed E-state index contributed by atoms with van der Waals surface area (Å²) in [6.07, 6.45) is -1.25. The number of ether oxygens (including phenoxy) is 3. The number of carbonyl (C=O) groups excluding carboxylic acids is 3. The van der Waals surface area contributed by atoms with Crippen LogP contribution in [0.2, 0.25) is 19.6 Å². The standard InChI is InChI=1S/C33H46O8Si/c1-19-15-25-32(18-38-25,40-21(3)34)27-28(39-29(36)22-13-11-10-12-14-22)33(37)17-24(41-42(7,8)9)20(2)26(30(33,4)5)23(35)16-31(19,27)6/h10-14,19,24-25,27-28,37H,15-18H2,1-9H3/t19-,24?,25+,27?,28?,31+,32-,33+/m0/s1. The van der Waals surface area contributed by atoms with Gasteiger partial charge in [0.2, 0.25) is 0 Å². The Bertz CT molecular complexity index is 1310. The fraction of sp³-hybridized carbons (Fsp3) is 0.667. The maximum absolute atomic E-state index is 14.5. The number of ketones is 1. The van der Waals surface area contributed by atoms with Crippen LogP contribution in [0.25, 0.3) is 0 Å². The molecule has 1 aliphatic heterocycles. The van der Waals surface area contributed by atoms with E-state index in [4.69, 9.17) is 18.6 Å². The minimum atomic E-state index is -2.14. The summed E-state index contributed by atoms with van der Waals surface area (Å²) in [4.78, 5) is 41.0. The highest BCUT2D eigenvalue weighted by molar-refractivity contribution is 6.69. The summed E-state index contributed by atoms with van der Waals surface area (Å²) < 4.78 is 25.3. The van der Waals surface area contributed by atoms with Crippen molar-refractivity contribution < 1.29 is 38.1 Å². The number of rotatable bonds is 5. The Morgan fingerprint density at radius 1 is 1.10 bits per heavy atom. The van der Waals surface area contributed by atoms with Crippen LogP contribution in [-0.2, 0) is 28.2 Å². The van der Waals surface area contributed by atoms with Gasteiger partial charge in [0.05, 0.1) is 18.3 Å². The summed E-state index contributed by atoms with van der Waals surface area (Å²) in [5.41, 5.74) is -3.06. The van der Waals surface area contributed by atoms with Crippen molar-refractivity contribution in [2.75, 3.05) is 6.61 Å². The number of hydrogen-bond donors (Lipinski definition) is 1. The fourth-order valence-electron chi connectivity index (χ4n) is 8.48. The van der Waals surface area contributed by atoms with Crippen molar-refractivity contribution in [2.45, 2.75) is 110 Å². The highest BCUT2D eigenvalue weighted by atomic mass is 28.4. The molecule has 3 unspecified atom stereocenters. The summed E-state index contributed by atoms with van der Waals surface area (Å²) in [5, 5.41) is 13.2. The van der Waals surface area contributed by atoms with E-state index < -0.39 is 66.5 Å². The molecule has 2 bridgehead atoms. The van der Waals surface area contributed by atoms with Crippen molar-refractivity contribution in [2.24, 2.45) is 22.7 Å². The third kappa shape index (κ3) is 4.62. The highest BCUT2D eigenvalue weighted by Crippen LogP contribution is 2.65. The van der Waals surface area contributed by atoms with E-state index in [1.807, 2.05) is 33.8 Å². The van der Waals surface area contributed by atoms with Gasteiger partial charge in [0.25, 0.3) is 0 Å². The number of esters is 2. The van der Waals surface area contributed by atoms with Crippen LogP contribution < -0.4 is 0 Å². The molecule has 4 aliphatic rings. The first-order valence-corrected chi connectivity index (χ1v) is 18.5. The monoisotopic (exact) mass is 598 g/mol. The molecule has 230 valence electrons. The van der Waals surface area contributed by atoms with Gasteiger partial charge in [-0.3, -0.25) is 9.59 Å². The second-order valence-electron chi connectivity index (χ2n) is 14.8. The van der Waals surface area contributed by atoms with Gasteiger partial charge in [-0.25, -0.2) is 4.79 Å². The molecule has 1 heterocycles. The van der Waals surface area contributed by atoms with Gasteiger partial charge in [-0.2, -0.15) is 0 Å². The molecular formula is C33H46O8Si. The predicted octanol–water partition coefficient (Wildman–Crippen LogP) is 5.25. The topological polar surface area (TPSA) is 108 Å². The molecule has 8 nitrogen and oxygen atoms in total. The average molecular weight is 599 g/mol. The van der Waals surface area contributed by atoms with Crippen LogP contribution in [0, 0.1) is 22.7 Å². The summed E-state index contributed by atoms with van der Waals surface area (Å²) in [5.74, 6) is -1.89. The Hall–Kier alpha value is -2.33. The molecule has 9 heteroatoms. The van der Waals surface area contributed by atoms with E-state index in [9.17, 15) is 19.5 Å². The Kier molecular flexibility index (Phi) is 7.49. The van der Waals surface area contributed by atoms with Crippen molar-refractivity contribution in [1.82, 2.24) is 0 Å². The van der Waals surface area contributed by atoms with E-state index in [1.54, 1.807) is 24.3 Å². The first kappa shape index (κ1) is 31.1. The van der Waals surface area contributed by atoms with Gasteiger partial charge in [-0.15, -0.1) is 0 Å². The van der Waals surface area contributed by atoms with Crippen LogP contribution in [0.15, 0.2) is 41.5 Å². The molecule has 2 saturated carbocycles. The third-order valence-electron chi connectivity index (χ3n) is 10.7. The van der Waals surface area contributed by atoms with Crippen LogP contribution in [0.5, 0.6) is 0 Å². The molecule has 1 aromatic rings. The number of benzene rings is 1. The van der Waals surface area contributed by atoms with Gasteiger partial charge in [0, 0.05) is 36.7 Å². The van der Waals surface area contributed by atoms with E-state index in [1.165, 1.54) is 6.92 Å². The Morgan fingerprint density at radius 3 is 2.29 bits per heavy atom. The summed E-state index contributed by atoms with van der Waals surface area (Å²) >= 11 is 0. The molecule has 0 spiro atoms. The first-order chi connectivity index (χ1) is 19.4. The number of fused-ring (bicyclic) bond motifs is 5. The quantitative estimate of drug-likeness (QED) is 0.362. The van der Waals surface area contributed by atoms with Crippen molar-refractivity contribution in [3.05, 3.63) is 47.0 Å². The minimum Gasteiger partial charge on any atom is -0.455 e. The molecule has 3 aliphatic carbocycles. The lowest BCUT2D eigenvalue weighted by atomic mass is 9.44. The van der Waals surface area contributed by atoms with E-state index in [2.05, 4.69) is 26.6 Å². The fourth-order valence-corrected chi connectivity index (χ4v) is 9.60. The number of Topliss-reactive ketones (excluding diaryl/α,β-unsaturated/α-hetero) is 1. The molecule has 0 aromatic heterocycles. The number of hydrogen-bond acceptors (Lipinski definition) is 8. The van der Waals surface area contributed by atoms with Crippen LogP contribution >= 0.6 is 0 Å². The maximum atomic E-state index is 14.5. The molecule has 1 saturated heterocycles. The number of carbonyl (C=O) groups is 3. The summed E-state index contributed by atoms with van der Waals surface area (Å²) in [6.45, 7) is 17.4. The van der Waals surface area contributed by atoms with Crippen LogP contribution in [0.4, 0.5) is 0 Å². The van der Waals surface area contributed by atoms with Crippen molar-refractivity contribution in [3.63, 3.8) is 0 Å². The highest BCUT2D eigenvalue weighted by Gasteiger charge is 2.75. The molecule has 3 fully saturated rings. The van der Waals surface area contributed by atoms with Crippen LogP contribution in [0.1, 0.15) is 71.2 Å². The molecule has 1 aromatic carbocycles. The summed E-state index contributed by atoms with van der Waals surface area (Å²) in [6, 6.07) is 8.70. The average Bonchev–Trinajstić information content (AvgIpc) is 2.86. The number of aliphatic hydroxyl groups is 1. The van der Waals surface area contributed by atoms with E-state index in [0.29, 0.717) is 17.6 Å². The second-order valence-corrected chi connectivity index (χ2v) is 19.3. The van der Waals surface area contributed by atoms with Gasteiger partial charge in [-0.05, 0) is 62.0 Å². The van der Waals surface area contributed by atoms with Crippen molar-refractivity contribution in [3.8, 4) is 0 Å². The Balaban J connectivity index is 1.78. The molecule has 5 rings (SSSR count). The normalized spacial score (nSPS) is 39.2. The van der Waals surface area contributed by atoms with Gasteiger partial charge in [0.15, 0.2) is 19.7 Å². The SMILES string of the molecule is CC(=O)O[C@@]12CO[C@@H]1C[C@H](C)[C@@]1(C)CC(=O)C3=C(C)C(O[Si](C)(C)C)C[C@@](O)(C(OC(=O)c4ccccc4)C12)C3(C)C. The lowest BCUT2D eigenvalue weighted by Gasteiger charge is -2.68. The second kappa shape index (κ2) is 10.1. The zero-order valence-corrected chi connectivity index (χ0v) is 27.4. The maximum Gasteiger partial charge on any atom is 0.338 e. The predicted molar refractivity (Wildman–Crippen MR) is 159 cm³/mol. The molecule has 1 N–H and O–H groups in total. The minimum absolute atomic E-state index is 0.0522. The Labute approximate surface area is 250 Å². The van der Waals surface area contributed by atoms with E-state index >= 15 is 0 Å². The van der Waals surface area contributed by atoms with Crippen LogP contribution in [-0.4, -0.2) is 67.3 Å². The Morgan fingerprint density at radius 2 is 1.74 bits per heavy atom. The van der Waals surface area contributed by atoms with Gasteiger partial charge in [-0.1, -0.05) is 45.9 Å². The van der Waals surface area contributed by atoms with Gasteiger partial charge < -0.3 is 23.7 Å². The molecule has 8 atom stereocenters.